The molecule has 39 heavy (non-hydrogen) atoms. The van der Waals surface area contributed by atoms with Crippen LogP contribution in [0.5, 0.6) is 0 Å². The third kappa shape index (κ3) is 4.26. The van der Waals surface area contributed by atoms with E-state index in [4.69, 9.17) is 0 Å². The molecule has 0 aliphatic carbocycles. The first kappa shape index (κ1) is 23.3. The van der Waals surface area contributed by atoms with Crippen molar-refractivity contribution >= 4 is 28.2 Å². The number of para-hydroxylation sites is 1. The zero-order valence-corrected chi connectivity index (χ0v) is 21.3. The molecule has 2 aromatic heterocycles. The lowest BCUT2D eigenvalue weighted by Gasteiger charge is -2.42. The minimum absolute atomic E-state index is 0.0290. The average Bonchev–Trinajstić information content (AvgIpc) is 2.98. The van der Waals surface area contributed by atoms with Crippen molar-refractivity contribution in [1.82, 2.24) is 19.7 Å². The molecule has 5 aromatic rings. The maximum atomic E-state index is 13.5. The van der Waals surface area contributed by atoms with E-state index in [9.17, 15) is 9.59 Å². The van der Waals surface area contributed by atoms with E-state index >= 15 is 0 Å². The Hall–Kier alpha value is -4.78. The van der Waals surface area contributed by atoms with Crippen molar-refractivity contribution < 1.29 is 4.79 Å². The molecule has 7 rings (SSSR count). The van der Waals surface area contributed by atoms with Gasteiger partial charge in [-0.1, -0.05) is 60.7 Å². The maximum Gasteiger partial charge on any atom is 0.253 e. The molecule has 0 radical (unpaired) electrons. The predicted octanol–water partition coefficient (Wildman–Crippen LogP) is 5.46. The van der Waals surface area contributed by atoms with Crippen LogP contribution in [-0.2, 0) is 6.54 Å². The van der Waals surface area contributed by atoms with Gasteiger partial charge in [-0.15, -0.1) is 10.2 Å². The Morgan fingerprint density at radius 3 is 2.36 bits per heavy atom. The molecular weight excluding hydrogens is 486 g/mol. The zero-order valence-electron chi connectivity index (χ0n) is 21.3. The summed E-state index contributed by atoms with van der Waals surface area (Å²) >= 11 is 0. The largest absolute Gasteiger partial charge is 0.338 e. The lowest BCUT2D eigenvalue weighted by Crippen LogP contribution is -2.49. The van der Waals surface area contributed by atoms with E-state index in [0.29, 0.717) is 36.9 Å². The van der Waals surface area contributed by atoms with E-state index in [-0.39, 0.29) is 17.4 Å². The molecule has 2 aliphatic rings. The Balaban J connectivity index is 1.14. The van der Waals surface area contributed by atoms with Crippen molar-refractivity contribution in [2.45, 2.75) is 18.9 Å². The molecule has 2 atom stereocenters. The van der Waals surface area contributed by atoms with Gasteiger partial charge in [-0.05, 0) is 42.7 Å². The van der Waals surface area contributed by atoms with E-state index in [1.807, 2.05) is 100 Å². The lowest BCUT2D eigenvalue weighted by molar-refractivity contribution is 0.0594. The summed E-state index contributed by atoms with van der Waals surface area (Å²) in [6, 6.07) is 31.1. The van der Waals surface area contributed by atoms with E-state index in [1.54, 1.807) is 6.07 Å². The second kappa shape index (κ2) is 9.51. The van der Waals surface area contributed by atoms with Crippen LogP contribution in [0.4, 0.5) is 11.5 Å². The molecule has 0 spiro atoms. The monoisotopic (exact) mass is 513 g/mol. The number of amides is 1. The molecule has 1 amide bonds. The molecule has 1 N–H and O–H groups in total. The Labute approximate surface area is 225 Å². The number of hydrogen-bond donors (Lipinski definition) is 1. The van der Waals surface area contributed by atoms with Gasteiger partial charge in [0, 0.05) is 64.9 Å². The number of hydrogen-bond acceptors (Lipinski definition) is 5. The highest BCUT2D eigenvalue weighted by molar-refractivity contribution is 6.01. The van der Waals surface area contributed by atoms with Gasteiger partial charge in [0.15, 0.2) is 5.82 Å². The van der Waals surface area contributed by atoms with Crippen LogP contribution in [0, 0.1) is 5.92 Å². The van der Waals surface area contributed by atoms with Crippen LogP contribution in [0.3, 0.4) is 0 Å². The van der Waals surface area contributed by atoms with E-state index in [1.165, 1.54) is 0 Å². The number of fused-ring (bicyclic) bond motifs is 5. The van der Waals surface area contributed by atoms with Gasteiger partial charge in [0.05, 0.1) is 0 Å². The second-order valence-electron chi connectivity index (χ2n) is 10.4. The van der Waals surface area contributed by atoms with Gasteiger partial charge in [-0.2, -0.15) is 0 Å². The SMILES string of the molecule is O=C(c1ccc(-c2nnc(Nc3ccccc3)c3ccccc23)cc1)N1C[C@H]2C[C@@H](C1)c1cccc(=O)n1C2. The van der Waals surface area contributed by atoms with Crippen LogP contribution in [0.1, 0.15) is 28.4 Å². The molecule has 7 heteroatoms. The highest BCUT2D eigenvalue weighted by Gasteiger charge is 2.36. The molecule has 192 valence electrons. The molecule has 1 saturated heterocycles. The maximum absolute atomic E-state index is 13.5. The number of pyridine rings is 1. The first-order chi connectivity index (χ1) is 19.1. The van der Waals surface area contributed by atoms with Crippen molar-refractivity contribution in [3.8, 4) is 11.3 Å². The zero-order chi connectivity index (χ0) is 26.3. The van der Waals surface area contributed by atoms with Crippen LogP contribution in [0.25, 0.3) is 22.0 Å². The molecule has 7 nitrogen and oxygen atoms in total. The normalized spacial score (nSPS) is 18.0. The molecule has 4 heterocycles. The van der Waals surface area contributed by atoms with Gasteiger partial charge >= 0.3 is 0 Å². The minimum Gasteiger partial charge on any atom is -0.338 e. The summed E-state index contributed by atoms with van der Waals surface area (Å²) in [6.45, 7) is 1.98. The summed E-state index contributed by atoms with van der Waals surface area (Å²) in [5.74, 6) is 1.22. The number of anilines is 2. The predicted molar refractivity (Wildman–Crippen MR) is 152 cm³/mol. The number of benzene rings is 3. The number of likely N-dealkylation sites (tertiary alicyclic amines) is 1. The van der Waals surface area contributed by atoms with Crippen LogP contribution in [0.15, 0.2) is 102 Å². The number of piperidine rings is 1. The summed E-state index contributed by atoms with van der Waals surface area (Å²) in [5, 5.41) is 14.4. The van der Waals surface area contributed by atoms with Gasteiger partial charge in [-0.3, -0.25) is 9.59 Å². The highest BCUT2D eigenvalue weighted by Crippen LogP contribution is 2.36. The smallest absolute Gasteiger partial charge is 0.253 e. The van der Waals surface area contributed by atoms with Crippen molar-refractivity contribution in [2.24, 2.45) is 5.92 Å². The van der Waals surface area contributed by atoms with Crippen LogP contribution < -0.4 is 10.9 Å². The molecular formula is C32H27N5O2. The van der Waals surface area contributed by atoms with Crippen molar-refractivity contribution in [2.75, 3.05) is 18.4 Å². The number of aromatic nitrogens is 3. The third-order valence-corrected chi connectivity index (χ3v) is 7.90. The third-order valence-electron chi connectivity index (χ3n) is 7.90. The standard InChI is InChI=1S/C32H27N5O2/c38-29-12-6-11-28-24-17-21(19-37(28)29)18-36(20-24)32(39)23-15-13-22(14-16-23)30-26-9-4-5-10-27(26)31(35-34-30)33-25-7-2-1-3-8-25/h1-16,21,24H,17-20H2,(H,33,35)/t21-,24+/m1/s1. The van der Waals surface area contributed by atoms with E-state index in [2.05, 4.69) is 15.5 Å². The second-order valence-corrected chi connectivity index (χ2v) is 10.4. The minimum atomic E-state index is 0.0290. The number of rotatable bonds is 4. The first-order valence-electron chi connectivity index (χ1n) is 13.3. The molecule has 2 aliphatic heterocycles. The van der Waals surface area contributed by atoms with Crippen LogP contribution >= 0.6 is 0 Å². The Bertz CT molecular complexity index is 1750. The summed E-state index contributed by atoms with van der Waals surface area (Å²) < 4.78 is 1.89. The van der Waals surface area contributed by atoms with Crippen molar-refractivity contribution in [1.29, 1.82) is 0 Å². The Morgan fingerprint density at radius 1 is 0.769 bits per heavy atom. The Kier molecular flexibility index (Phi) is 5.69. The van der Waals surface area contributed by atoms with Gasteiger partial charge in [0.25, 0.3) is 11.5 Å². The molecule has 0 saturated carbocycles. The fourth-order valence-electron chi connectivity index (χ4n) is 6.08. The van der Waals surface area contributed by atoms with Gasteiger partial charge in [0.2, 0.25) is 0 Å². The number of carbonyl (C=O) groups is 1. The van der Waals surface area contributed by atoms with Crippen molar-refractivity contribution in [3.05, 3.63) is 119 Å². The lowest BCUT2D eigenvalue weighted by atomic mass is 9.83. The first-order valence-corrected chi connectivity index (χ1v) is 13.3. The molecule has 0 unspecified atom stereocenters. The quantitative estimate of drug-likeness (QED) is 0.345. The van der Waals surface area contributed by atoms with Crippen molar-refractivity contribution in [3.63, 3.8) is 0 Å². The summed E-state index contributed by atoms with van der Waals surface area (Å²) in [4.78, 5) is 27.8. The molecule has 2 bridgehead atoms. The van der Waals surface area contributed by atoms with E-state index in [0.717, 1.165) is 39.8 Å². The fourth-order valence-corrected chi connectivity index (χ4v) is 6.08. The van der Waals surface area contributed by atoms with Gasteiger partial charge in [-0.25, -0.2) is 0 Å². The van der Waals surface area contributed by atoms with Gasteiger partial charge < -0.3 is 14.8 Å². The fraction of sp³-hybridized carbons (Fsp3) is 0.188. The summed E-state index contributed by atoms with van der Waals surface area (Å²) in [6.07, 6.45) is 1.02. The molecule has 3 aromatic carbocycles. The number of nitrogens with one attached hydrogen (secondary N) is 1. The van der Waals surface area contributed by atoms with Crippen LogP contribution in [0.2, 0.25) is 0 Å². The van der Waals surface area contributed by atoms with Crippen LogP contribution in [-0.4, -0.2) is 38.7 Å². The summed E-state index contributed by atoms with van der Waals surface area (Å²) in [5.41, 5.74) is 4.39. The Morgan fingerprint density at radius 2 is 1.54 bits per heavy atom. The van der Waals surface area contributed by atoms with Gasteiger partial charge in [0.1, 0.15) is 5.69 Å². The van der Waals surface area contributed by atoms with E-state index < -0.39 is 0 Å². The topological polar surface area (TPSA) is 80.1 Å². The average molecular weight is 514 g/mol. The number of carbonyl (C=O) groups excluding carboxylic acids is 1. The summed E-state index contributed by atoms with van der Waals surface area (Å²) in [7, 11) is 0. The number of nitrogens with zero attached hydrogens (tertiary/aromatic N) is 4. The molecule has 1 fully saturated rings. The highest BCUT2D eigenvalue weighted by atomic mass is 16.2.